The normalized spacial score (nSPS) is 17.7. The maximum Gasteiger partial charge on any atom is 0.303 e. The molecule has 0 bridgehead atoms. The molecule has 4 nitrogen and oxygen atoms in total. The van der Waals surface area contributed by atoms with Crippen molar-refractivity contribution in [2.45, 2.75) is 45.6 Å². The number of carboxylic acids is 1. The molecule has 104 valence electrons. The lowest BCUT2D eigenvalue weighted by Crippen LogP contribution is -2.42. The van der Waals surface area contributed by atoms with E-state index in [0.717, 1.165) is 32.6 Å². The number of nitrogens with one attached hydrogen (secondary N) is 1. The van der Waals surface area contributed by atoms with E-state index >= 15 is 0 Å². The third kappa shape index (κ3) is 6.77. The molecule has 4 heteroatoms. The number of nitrogens with zero attached hydrogens (tertiary/aromatic N) is 1. The molecule has 2 N–H and O–H groups in total. The smallest absolute Gasteiger partial charge is 0.303 e. The van der Waals surface area contributed by atoms with E-state index in [9.17, 15) is 4.79 Å². The van der Waals surface area contributed by atoms with Crippen molar-refractivity contribution in [2.24, 2.45) is 0 Å². The van der Waals surface area contributed by atoms with E-state index in [4.69, 9.17) is 5.11 Å². The SMILES string of the molecule is CC(C)=CCN1CCC(NCCCC(=O)O)CC1. The Morgan fingerprint density at radius 2 is 2.06 bits per heavy atom. The van der Waals surface area contributed by atoms with Crippen LogP contribution < -0.4 is 5.32 Å². The van der Waals surface area contributed by atoms with Gasteiger partial charge in [-0.05, 0) is 52.7 Å². The van der Waals surface area contributed by atoms with Crippen LogP contribution in [0, 0.1) is 0 Å². The molecule has 1 saturated heterocycles. The predicted molar refractivity (Wildman–Crippen MR) is 73.8 cm³/mol. The van der Waals surface area contributed by atoms with E-state index < -0.39 is 5.97 Å². The third-order valence-corrected chi connectivity index (χ3v) is 3.35. The van der Waals surface area contributed by atoms with Gasteiger partial charge in [0.05, 0.1) is 0 Å². The second-order valence-corrected chi connectivity index (χ2v) is 5.31. The fourth-order valence-electron chi connectivity index (χ4n) is 2.18. The molecule has 0 aromatic heterocycles. The third-order valence-electron chi connectivity index (χ3n) is 3.35. The molecule has 0 atom stereocenters. The summed E-state index contributed by atoms with van der Waals surface area (Å²) in [6.45, 7) is 8.44. The molecule has 1 rings (SSSR count). The number of carboxylic acid groups (broad SMARTS) is 1. The summed E-state index contributed by atoms with van der Waals surface area (Å²) in [5, 5.41) is 12.0. The van der Waals surface area contributed by atoms with Gasteiger partial charge in [0.25, 0.3) is 0 Å². The lowest BCUT2D eigenvalue weighted by Gasteiger charge is -2.31. The predicted octanol–water partition coefficient (Wildman–Crippen LogP) is 1.87. The van der Waals surface area contributed by atoms with Crippen LogP contribution in [0.4, 0.5) is 0 Å². The minimum atomic E-state index is -0.701. The van der Waals surface area contributed by atoms with Gasteiger partial charge in [-0.25, -0.2) is 0 Å². The highest BCUT2D eigenvalue weighted by molar-refractivity contribution is 5.66. The van der Waals surface area contributed by atoms with Crippen molar-refractivity contribution in [1.82, 2.24) is 10.2 Å². The zero-order chi connectivity index (χ0) is 13.4. The molecule has 1 aliphatic rings. The van der Waals surface area contributed by atoms with Gasteiger partial charge in [0.1, 0.15) is 0 Å². The van der Waals surface area contributed by atoms with Crippen molar-refractivity contribution in [3.05, 3.63) is 11.6 Å². The van der Waals surface area contributed by atoms with Crippen molar-refractivity contribution in [3.63, 3.8) is 0 Å². The number of carbonyl (C=O) groups is 1. The maximum atomic E-state index is 10.4. The molecule has 1 aliphatic heterocycles. The van der Waals surface area contributed by atoms with Gasteiger partial charge in [-0.3, -0.25) is 9.69 Å². The Hall–Kier alpha value is -0.870. The van der Waals surface area contributed by atoms with Crippen molar-refractivity contribution in [2.75, 3.05) is 26.2 Å². The number of hydrogen-bond donors (Lipinski definition) is 2. The summed E-state index contributed by atoms with van der Waals surface area (Å²) in [6, 6.07) is 0.571. The molecule has 0 aromatic rings. The lowest BCUT2D eigenvalue weighted by atomic mass is 10.0. The fourth-order valence-corrected chi connectivity index (χ4v) is 2.18. The summed E-state index contributed by atoms with van der Waals surface area (Å²) < 4.78 is 0. The average molecular weight is 254 g/mol. The molecular formula is C14H26N2O2. The molecule has 0 unspecified atom stereocenters. The van der Waals surface area contributed by atoms with Gasteiger partial charge in [0, 0.05) is 19.0 Å². The molecule has 0 aromatic carbocycles. The second-order valence-electron chi connectivity index (χ2n) is 5.31. The average Bonchev–Trinajstić information content (AvgIpc) is 2.33. The van der Waals surface area contributed by atoms with Gasteiger partial charge in [-0.1, -0.05) is 11.6 Å². The Balaban J connectivity index is 2.08. The first kappa shape index (κ1) is 15.2. The molecule has 1 fully saturated rings. The van der Waals surface area contributed by atoms with E-state index in [1.807, 2.05) is 0 Å². The number of allylic oxidation sites excluding steroid dienone is 1. The Kier molecular flexibility index (Phi) is 6.98. The summed E-state index contributed by atoms with van der Waals surface area (Å²) in [6.07, 6.45) is 5.62. The molecule has 0 aliphatic carbocycles. The molecule has 0 spiro atoms. The van der Waals surface area contributed by atoms with Crippen LogP contribution >= 0.6 is 0 Å². The maximum absolute atomic E-state index is 10.4. The van der Waals surface area contributed by atoms with Crippen LogP contribution in [0.3, 0.4) is 0 Å². The Morgan fingerprint density at radius 3 is 2.61 bits per heavy atom. The van der Waals surface area contributed by atoms with Gasteiger partial charge < -0.3 is 10.4 Å². The van der Waals surface area contributed by atoms with Crippen LogP contribution in [0.15, 0.2) is 11.6 Å². The fraction of sp³-hybridized carbons (Fsp3) is 0.786. The lowest BCUT2D eigenvalue weighted by molar-refractivity contribution is -0.137. The quantitative estimate of drug-likeness (QED) is 0.538. The number of piperidine rings is 1. The van der Waals surface area contributed by atoms with Crippen LogP contribution in [0.5, 0.6) is 0 Å². The molecule has 0 amide bonds. The van der Waals surface area contributed by atoms with E-state index in [0.29, 0.717) is 6.04 Å². The standard InChI is InChI=1S/C14H26N2O2/c1-12(2)5-9-16-10-6-13(7-11-16)15-8-3-4-14(17)18/h5,13,15H,3-4,6-11H2,1-2H3,(H,17,18). The monoisotopic (exact) mass is 254 g/mol. The summed E-state index contributed by atoms with van der Waals surface area (Å²) >= 11 is 0. The largest absolute Gasteiger partial charge is 0.481 e. The first-order valence-corrected chi connectivity index (χ1v) is 6.89. The number of rotatable bonds is 7. The minimum absolute atomic E-state index is 0.270. The first-order chi connectivity index (χ1) is 8.58. The van der Waals surface area contributed by atoms with Gasteiger partial charge in [-0.2, -0.15) is 0 Å². The van der Waals surface area contributed by atoms with Gasteiger partial charge in [-0.15, -0.1) is 0 Å². The Labute approximate surface area is 110 Å². The molecule has 0 saturated carbocycles. The van der Waals surface area contributed by atoms with Gasteiger partial charge in [0.2, 0.25) is 0 Å². The summed E-state index contributed by atoms with van der Waals surface area (Å²) in [5.74, 6) is -0.701. The minimum Gasteiger partial charge on any atom is -0.481 e. The van der Waals surface area contributed by atoms with E-state index in [-0.39, 0.29) is 6.42 Å². The Morgan fingerprint density at radius 1 is 1.39 bits per heavy atom. The van der Waals surface area contributed by atoms with Crippen LogP contribution in [-0.2, 0) is 4.79 Å². The Bertz CT molecular complexity index is 278. The summed E-state index contributed by atoms with van der Waals surface area (Å²) in [4.78, 5) is 12.9. The summed E-state index contributed by atoms with van der Waals surface area (Å²) in [7, 11) is 0. The second kappa shape index (κ2) is 8.27. The van der Waals surface area contributed by atoms with Gasteiger partial charge in [0.15, 0.2) is 0 Å². The molecular weight excluding hydrogens is 228 g/mol. The van der Waals surface area contributed by atoms with Crippen molar-refractivity contribution < 1.29 is 9.90 Å². The van der Waals surface area contributed by atoms with Crippen LogP contribution in [0.1, 0.15) is 39.5 Å². The zero-order valence-electron chi connectivity index (χ0n) is 11.6. The topological polar surface area (TPSA) is 52.6 Å². The van der Waals surface area contributed by atoms with Crippen molar-refractivity contribution >= 4 is 5.97 Å². The molecule has 0 radical (unpaired) electrons. The van der Waals surface area contributed by atoms with Gasteiger partial charge >= 0.3 is 5.97 Å². The highest BCUT2D eigenvalue weighted by atomic mass is 16.4. The number of hydrogen-bond acceptors (Lipinski definition) is 3. The van der Waals surface area contributed by atoms with E-state index in [1.165, 1.54) is 18.4 Å². The van der Waals surface area contributed by atoms with Crippen LogP contribution in [0.25, 0.3) is 0 Å². The van der Waals surface area contributed by atoms with E-state index in [1.54, 1.807) is 0 Å². The van der Waals surface area contributed by atoms with Crippen molar-refractivity contribution in [3.8, 4) is 0 Å². The van der Waals surface area contributed by atoms with Crippen LogP contribution in [-0.4, -0.2) is 48.2 Å². The zero-order valence-corrected chi connectivity index (χ0v) is 11.6. The summed E-state index contributed by atoms with van der Waals surface area (Å²) in [5.41, 5.74) is 1.38. The molecule has 1 heterocycles. The first-order valence-electron chi connectivity index (χ1n) is 6.89. The molecule has 18 heavy (non-hydrogen) atoms. The van der Waals surface area contributed by atoms with Crippen molar-refractivity contribution in [1.29, 1.82) is 0 Å². The number of likely N-dealkylation sites (tertiary alicyclic amines) is 1. The van der Waals surface area contributed by atoms with E-state index in [2.05, 4.69) is 30.1 Å². The highest BCUT2D eigenvalue weighted by Crippen LogP contribution is 2.10. The number of aliphatic carboxylic acids is 1. The highest BCUT2D eigenvalue weighted by Gasteiger charge is 2.17. The van der Waals surface area contributed by atoms with Crippen LogP contribution in [0.2, 0.25) is 0 Å².